The average molecular weight is 459 g/mol. The maximum atomic E-state index is 12.9. The van der Waals surface area contributed by atoms with Crippen LogP contribution >= 0.6 is 0 Å². The minimum Gasteiger partial charge on any atom is -0.376 e. The summed E-state index contributed by atoms with van der Waals surface area (Å²) in [7, 11) is 0. The predicted octanol–water partition coefficient (Wildman–Crippen LogP) is 3.03. The zero-order valence-corrected chi connectivity index (χ0v) is 19.3. The first-order valence-electron chi connectivity index (χ1n) is 12.0. The van der Waals surface area contributed by atoms with Gasteiger partial charge in [0.15, 0.2) is 0 Å². The van der Waals surface area contributed by atoms with E-state index in [-0.39, 0.29) is 17.9 Å². The number of carbonyl (C=O) groups is 2. The Hall–Kier alpha value is -3.45. The van der Waals surface area contributed by atoms with Crippen LogP contribution in [0.2, 0.25) is 0 Å². The largest absolute Gasteiger partial charge is 0.376 e. The second-order valence-electron chi connectivity index (χ2n) is 8.98. The molecule has 2 amide bonds. The molecular formula is C27H30N4O3. The molecule has 5 rings (SSSR count). The van der Waals surface area contributed by atoms with E-state index in [0.717, 1.165) is 49.3 Å². The summed E-state index contributed by atoms with van der Waals surface area (Å²) in [5.74, 6) is 0.858. The molecule has 2 aromatic carbocycles. The second kappa shape index (κ2) is 10.2. The van der Waals surface area contributed by atoms with Crippen molar-refractivity contribution < 1.29 is 14.3 Å². The third-order valence-electron chi connectivity index (χ3n) is 6.65. The zero-order chi connectivity index (χ0) is 23.3. The molecule has 1 aromatic heterocycles. The number of ether oxygens (including phenoxy) is 1. The van der Waals surface area contributed by atoms with Crippen LogP contribution in [0.4, 0.5) is 5.82 Å². The molecule has 3 heterocycles. The van der Waals surface area contributed by atoms with Crippen molar-refractivity contribution in [3.8, 4) is 0 Å². The Morgan fingerprint density at radius 2 is 1.82 bits per heavy atom. The van der Waals surface area contributed by atoms with E-state index in [4.69, 9.17) is 4.74 Å². The summed E-state index contributed by atoms with van der Waals surface area (Å²) >= 11 is 0. The van der Waals surface area contributed by atoms with E-state index in [0.29, 0.717) is 31.6 Å². The van der Waals surface area contributed by atoms with Crippen molar-refractivity contribution in [2.24, 2.45) is 0 Å². The number of amides is 2. The highest BCUT2D eigenvalue weighted by Crippen LogP contribution is 2.18. The lowest BCUT2D eigenvalue weighted by Crippen LogP contribution is -2.49. The molecule has 2 aliphatic heterocycles. The first kappa shape index (κ1) is 22.3. The molecule has 176 valence electrons. The van der Waals surface area contributed by atoms with Crippen molar-refractivity contribution >= 4 is 28.4 Å². The molecule has 0 bridgehead atoms. The van der Waals surface area contributed by atoms with Gasteiger partial charge in [0.2, 0.25) is 5.91 Å². The molecular weight excluding hydrogens is 428 g/mol. The van der Waals surface area contributed by atoms with Crippen molar-refractivity contribution in [2.75, 3.05) is 44.2 Å². The van der Waals surface area contributed by atoms with Crippen LogP contribution in [0.3, 0.4) is 0 Å². The number of aromatic nitrogens is 1. The average Bonchev–Trinajstić information content (AvgIpc) is 3.41. The van der Waals surface area contributed by atoms with Gasteiger partial charge in [0.25, 0.3) is 5.91 Å². The number of nitrogens with zero attached hydrogens (tertiary/aromatic N) is 3. The van der Waals surface area contributed by atoms with Crippen molar-refractivity contribution in [1.82, 2.24) is 15.2 Å². The van der Waals surface area contributed by atoms with Gasteiger partial charge < -0.3 is 19.9 Å². The highest BCUT2D eigenvalue weighted by atomic mass is 16.5. The number of benzene rings is 2. The van der Waals surface area contributed by atoms with E-state index in [1.54, 1.807) is 6.20 Å². The van der Waals surface area contributed by atoms with Crippen LogP contribution in [0.5, 0.6) is 0 Å². The molecule has 7 heteroatoms. The molecule has 2 fully saturated rings. The Balaban J connectivity index is 1.11. The maximum absolute atomic E-state index is 12.9. The molecule has 0 aliphatic carbocycles. The fourth-order valence-corrected chi connectivity index (χ4v) is 4.64. The first-order valence-corrected chi connectivity index (χ1v) is 12.0. The van der Waals surface area contributed by atoms with Crippen LogP contribution in [-0.4, -0.2) is 67.1 Å². The number of carbonyl (C=O) groups excluding carboxylic acids is 2. The quantitative estimate of drug-likeness (QED) is 0.615. The highest BCUT2D eigenvalue weighted by Gasteiger charge is 2.22. The number of rotatable bonds is 6. The topological polar surface area (TPSA) is 74.8 Å². The summed E-state index contributed by atoms with van der Waals surface area (Å²) in [5, 5.41) is 5.27. The molecule has 1 unspecified atom stereocenters. The van der Waals surface area contributed by atoms with Crippen LogP contribution in [0, 0.1) is 0 Å². The smallest absolute Gasteiger partial charge is 0.252 e. The van der Waals surface area contributed by atoms with Gasteiger partial charge in [-0.15, -0.1) is 0 Å². The molecule has 2 saturated heterocycles. The summed E-state index contributed by atoms with van der Waals surface area (Å²) in [4.78, 5) is 33.8. The first-order chi connectivity index (χ1) is 16.7. The fraction of sp³-hybridized carbons (Fsp3) is 0.370. The lowest BCUT2D eigenvalue weighted by atomic mass is 10.0. The van der Waals surface area contributed by atoms with Crippen LogP contribution in [0.25, 0.3) is 10.8 Å². The third kappa shape index (κ3) is 5.20. The van der Waals surface area contributed by atoms with Crippen LogP contribution in [0.15, 0.2) is 60.8 Å². The van der Waals surface area contributed by atoms with Gasteiger partial charge in [0, 0.05) is 45.5 Å². The van der Waals surface area contributed by atoms with E-state index in [2.05, 4.69) is 39.5 Å². The van der Waals surface area contributed by atoms with Gasteiger partial charge in [-0.05, 0) is 41.3 Å². The van der Waals surface area contributed by atoms with Crippen LogP contribution < -0.4 is 10.2 Å². The Kier molecular flexibility index (Phi) is 6.72. The zero-order valence-electron chi connectivity index (χ0n) is 19.3. The number of nitrogens with one attached hydrogen (secondary N) is 1. The number of hydrogen-bond acceptors (Lipinski definition) is 5. The molecule has 1 atom stereocenters. The number of anilines is 1. The van der Waals surface area contributed by atoms with Gasteiger partial charge in [0.05, 0.1) is 18.1 Å². The highest BCUT2D eigenvalue weighted by molar-refractivity contribution is 5.94. The number of piperazine rings is 1. The van der Waals surface area contributed by atoms with E-state index < -0.39 is 0 Å². The third-order valence-corrected chi connectivity index (χ3v) is 6.65. The lowest BCUT2D eigenvalue weighted by Gasteiger charge is -2.35. The summed E-state index contributed by atoms with van der Waals surface area (Å²) in [5.41, 5.74) is 1.59. The Morgan fingerprint density at radius 1 is 1.00 bits per heavy atom. The molecule has 3 aromatic rings. The van der Waals surface area contributed by atoms with Crippen molar-refractivity contribution in [3.63, 3.8) is 0 Å². The van der Waals surface area contributed by atoms with Crippen LogP contribution in [-0.2, 0) is 16.0 Å². The molecule has 0 radical (unpaired) electrons. The summed E-state index contributed by atoms with van der Waals surface area (Å²) in [6.45, 7) is 4.09. The SMILES string of the molecule is O=C(NCC1CCCO1)c1ccc(N2CCN(C(=O)Cc3ccc4ccccc4c3)CC2)nc1. The molecule has 0 saturated carbocycles. The van der Waals surface area contributed by atoms with Gasteiger partial charge in [-0.25, -0.2) is 4.98 Å². The van der Waals surface area contributed by atoms with Gasteiger partial charge in [-0.1, -0.05) is 42.5 Å². The monoisotopic (exact) mass is 458 g/mol. The number of pyridine rings is 1. The standard InChI is InChI=1S/C27H30N4O3/c32-26(17-20-7-8-21-4-1-2-5-22(21)16-20)31-13-11-30(12-14-31)25-10-9-23(18-28-25)27(33)29-19-24-6-3-15-34-24/h1-2,4-5,7-10,16,18,24H,3,6,11-15,17,19H2,(H,29,33). The minimum atomic E-state index is -0.126. The van der Waals surface area contributed by atoms with Gasteiger partial charge in [0.1, 0.15) is 5.82 Å². The minimum absolute atomic E-state index is 0.122. The van der Waals surface area contributed by atoms with Crippen LogP contribution in [0.1, 0.15) is 28.8 Å². The molecule has 34 heavy (non-hydrogen) atoms. The second-order valence-corrected chi connectivity index (χ2v) is 8.98. The lowest BCUT2D eigenvalue weighted by molar-refractivity contribution is -0.130. The number of hydrogen-bond donors (Lipinski definition) is 1. The van der Waals surface area contributed by atoms with E-state index >= 15 is 0 Å². The van der Waals surface area contributed by atoms with E-state index in [9.17, 15) is 9.59 Å². The van der Waals surface area contributed by atoms with Crippen molar-refractivity contribution in [3.05, 3.63) is 71.9 Å². The summed E-state index contributed by atoms with van der Waals surface area (Å²) < 4.78 is 5.55. The molecule has 7 nitrogen and oxygen atoms in total. The van der Waals surface area contributed by atoms with Gasteiger partial charge in [-0.2, -0.15) is 0 Å². The predicted molar refractivity (Wildman–Crippen MR) is 132 cm³/mol. The Morgan fingerprint density at radius 3 is 2.56 bits per heavy atom. The Labute approximate surface area is 199 Å². The summed E-state index contributed by atoms with van der Waals surface area (Å²) in [6, 6.07) is 18.1. The molecule has 0 spiro atoms. The fourth-order valence-electron chi connectivity index (χ4n) is 4.64. The van der Waals surface area contributed by atoms with Gasteiger partial charge >= 0.3 is 0 Å². The molecule has 1 N–H and O–H groups in total. The summed E-state index contributed by atoms with van der Waals surface area (Å²) in [6.07, 6.45) is 4.21. The van der Waals surface area contributed by atoms with E-state index in [1.165, 1.54) is 5.39 Å². The van der Waals surface area contributed by atoms with Gasteiger partial charge in [-0.3, -0.25) is 9.59 Å². The van der Waals surface area contributed by atoms with Crippen molar-refractivity contribution in [2.45, 2.75) is 25.4 Å². The number of fused-ring (bicyclic) bond motifs is 1. The maximum Gasteiger partial charge on any atom is 0.252 e. The Bertz CT molecular complexity index is 1150. The van der Waals surface area contributed by atoms with E-state index in [1.807, 2.05) is 35.2 Å². The normalized spacial score (nSPS) is 18.3. The molecule has 2 aliphatic rings. The van der Waals surface area contributed by atoms with Crippen molar-refractivity contribution in [1.29, 1.82) is 0 Å².